The number of nitrogens with zero attached hydrogens (tertiary/aromatic N) is 2. The summed E-state index contributed by atoms with van der Waals surface area (Å²) in [5.41, 5.74) is 4.33. The minimum atomic E-state index is -0.504. The number of fused-ring (bicyclic) bond motifs is 4. The Morgan fingerprint density at radius 3 is 2.37 bits per heavy atom. The van der Waals surface area contributed by atoms with Crippen LogP contribution in [0, 0.1) is 6.92 Å². The number of rotatable bonds is 5. The number of ether oxygens (including phenoxy) is 4. The molecule has 0 fully saturated rings. The van der Waals surface area contributed by atoms with Crippen LogP contribution in [0.25, 0.3) is 21.8 Å². The highest BCUT2D eigenvalue weighted by Crippen LogP contribution is 2.44. The van der Waals surface area contributed by atoms with Gasteiger partial charge in [0.05, 0.1) is 38.1 Å². The van der Waals surface area contributed by atoms with Crippen molar-refractivity contribution in [1.82, 2.24) is 14.9 Å². The molecular formula is C27H29BrN4O6. The molecule has 0 bridgehead atoms. The van der Waals surface area contributed by atoms with Crippen molar-refractivity contribution in [2.75, 3.05) is 46.9 Å². The first-order valence-electron chi connectivity index (χ1n) is 12.0. The number of aromatic amines is 2. The van der Waals surface area contributed by atoms with Crippen LogP contribution in [0.5, 0.6) is 23.0 Å². The maximum atomic E-state index is 14.0. The minimum absolute atomic E-state index is 0.0339. The molecule has 1 aliphatic heterocycles. The molecule has 0 saturated heterocycles. The summed E-state index contributed by atoms with van der Waals surface area (Å²) < 4.78 is 22.3. The van der Waals surface area contributed by atoms with Crippen molar-refractivity contribution in [2.45, 2.75) is 18.2 Å². The van der Waals surface area contributed by atoms with Crippen LogP contribution in [-0.4, -0.2) is 73.7 Å². The Hall–Kier alpha value is -3.86. The number of alkyl halides is 1. The van der Waals surface area contributed by atoms with Gasteiger partial charge in [-0.05, 0) is 37.1 Å². The smallest absolute Gasteiger partial charge is 0.414 e. The molecule has 3 heterocycles. The van der Waals surface area contributed by atoms with Gasteiger partial charge in [0.1, 0.15) is 5.69 Å². The zero-order chi connectivity index (χ0) is 27.3. The highest BCUT2D eigenvalue weighted by atomic mass is 79.9. The van der Waals surface area contributed by atoms with Crippen LogP contribution in [0.2, 0.25) is 0 Å². The van der Waals surface area contributed by atoms with E-state index in [0.29, 0.717) is 52.9 Å². The summed E-state index contributed by atoms with van der Waals surface area (Å²) in [6.07, 6.45) is 0.208. The third kappa shape index (κ3) is 4.20. The van der Waals surface area contributed by atoms with E-state index in [4.69, 9.17) is 18.9 Å². The first-order valence-corrected chi connectivity index (χ1v) is 12.9. The van der Waals surface area contributed by atoms with E-state index in [1.807, 2.05) is 13.0 Å². The molecule has 38 heavy (non-hydrogen) atoms. The Labute approximate surface area is 227 Å². The average molecular weight is 585 g/mol. The molecule has 1 aliphatic rings. The fraction of sp³-hybridized carbons (Fsp3) is 0.333. The Kier molecular flexibility index (Phi) is 6.64. The molecule has 11 heteroatoms. The van der Waals surface area contributed by atoms with E-state index in [0.717, 1.165) is 27.5 Å². The fourth-order valence-corrected chi connectivity index (χ4v) is 5.56. The van der Waals surface area contributed by atoms with Crippen LogP contribution in [0.15, 0.2) is 24.3 Å². The van der Waals surface area contributed by atoms with Crippen molar-refractivity contribution in [1.29, 1.82) is 0 Å². The number of nitrogens with one attached hydrogen (secondary N) is 2. The second-order valence-electron chi connectivity index (χ2n) is 9.39. The van der Waals surface area contributed by atoms with Crippen LogP contribution in [0.4, 0.5) is 10.5 Å². The molecule has 2 amide bonds. The molecule has 2 aromatic heterocycles. The van der Waals surface area contributed by atoms with Gasteiger partial charge >= 0.3 is 6.09 Å². The van der Waals surface area contributed by atoms with E-state index in [1.165, 1.54) is 19.1 Å². The number of aryl methyl sites for hydroxylation is 1. The predicted molar refractivity (Wildman–Crippen MR) is 149 cm³/mol. The van der Waals surface area contributed by atoms with Crippen LogP contribution >= 0.6 is 15.9 Å². The normalized spacial score (nSPS) is 14.9. The molecule has 200 valence electrons. The summed E-state index contributed by atoms with van der Waals surface area (Å²) in [5.74, 6) is 1.51. The van der Waals surface area contributed by atoms with Crippen LogP contribution in [0.3, 0.4) is 0 Å². The molecule has 0 saturated carbocycles. The Morgan fingerprint density at radius 2 is 1.71 bits per heavy atom. The number of amides is 2. The summed E-state index contributed by atoms with van der Waals surface area (Å²) >= 11 is 3.75. The van der Waals surface area contributed by atoms with E-state index in [9.17, 15) is 9.59 Å². The first-order chi connectivity index (χ1) is 18.2. The largest absolute Gasteiger partial charge is 0.493 e. The summed E-state index contributed by atoms with van der Waals surface area (Å²) in [6, 6.07) is 7.35. The number of carbonyl (C=O) groups excluding carboxylic acids is 2. The van der Waals surface area contributed by atoms with E-state index in [-0.39, 0.29) is 10.7 Å². The van der Waals surface area contributed by atoms with Gasteiger partial charge in [0.25, 0.3) is 5.91 Å². The topological polar surface area (TPSA) is 109 Å². The number of H-pyrrole nitrogens is 2. The predicted octanol–water partition coefficient (Wildman–Crippen LogP) is 5.01. The lowest BCUT2D eigenvalue weighted by Gasteiger charge is -2.33. The molecule has 10 nitrogen and oxygen atoms in total. The summed E-state index contributed by atoms with van der Waals surface area (Å²) in [7, 11) is 7.86. The van der Waals surface area contributed by atoms with Gasteiger partial charge in [-0.1, -0.05) is 15.9 Å². The molecule has 4 aromatic rings. The monoisotopic (exact) mass is 584 g/mol. The Morgan fingerprint density at radius 1 is 0.974 bits per heavy atom. The maximum absolute atomic E-state index is 14.0. The quantitative estimate of drug-likeness (QED) is 0.319. The molecule has 1 unspecified atom stereocenters. The van der Waals surface area contributed by atoms with E-state index in [1.54, 1.807) is 44.3 Å². The summed E-state index contributed by atoms with van der Waals surface area (Å²) in [5, 5.41) is 1.66. The van der Waals surface area contributed by atoms with Gasteiger partial charge in [-0.25, -0.2) is 4.79 Å². The molecular weight excluding hydrogens is 556 g/mol. The molecule has 0 radical (unpaired) electrons. The van der Waals surface area contributed by atoms with Gasteiger partial charge in [0, 0.05) is 48.0 Å². The molecule has 5 rings (SSSR count). The van der Waals surface area contributed by atoms with Crippen molar-refractivity contribution in [3.05, 3.63) is 41.2 Å². The lowest BCUT2D eigenvalue weighted by atomic mass is 9.97. The summed E-state index contributed by atoms with van der Waals surface area (Å²) in [6.45, 7) is 2.38. The number of methoxy groups -OCH3 is 3. The SMILES string of the molecule is COc1cc2cc(C(=O)N3CC(Br)Cc4c3cc(OC(=O)N(C)C)c3[nH]c(C)cc43)[nH]c2c(OC)c1OC. The zero-order valence-corrected chi connectivity index (χ0v) is 23.6. The molecule has 1 atom stereocenters. The van der Waals surface area contributed by atoms with Crippen LogP contribution < -0.4 is 23.8 Å². The fourth-order valence-electron chi connectivity index (χ4n) is 4.94. The zero-order valence-electron chi connectivity index (χ0n) is 22.0. The van der Waals surface area contributed by atoms with Crippen LogP contribution in [-0.2, 0) is 6.42 Å². The minimum Gasteiger partial charge on any atom is -0.493 e. The molecule has 0 spiro atoms. The molecule has 2 N–H and O–H groups in total. The van der Waals surface area contributed by atoms with Gasteiger partial charge in [0.15, 0.2) is 17.2 Å². The molecule has 0 aliphatic carbocycles. The van der Waals surface area contributed by atoms with Crippen molar-refractivity contribution < 1.29 is 28.5 Å². The molecule has 2 aromatic carbocycles. The average Bonchev–Trinajstić information content (AvgIpc) is 3.50. The second-order valence-corrected chi connectivity index (χ2v) is 10.7. The van der Waals surface area contributed by atoms with Gasteiger partial charge in [0.2, 0.25) is 5.75 Å². The maximum Gasteiger partial charge on any atom is 0.414 e. The van der Waals surface area contributed by atoms with Gasteiger partial charge in [-0.2, -0.15) is 0 Å². The van der Waals surface area contributed by atoms with Crippen LogP contribution in [0.1, 0.15) is 21.7 Å². The third-order valence-electron chi connectivity index (χ3n) is 6.66. The third-order valence-corrected chi connectivity index (χ3v) is 7.27. The van der Waals surface area contributed by atoms with Gasteiger partial charge < -0.3 is 38.7 Å². The first kappa shape index (κ1) is 25.8. The van der Waals surface area contributed by atoms with E-state index in [2.05, 4.69) is 25.9 Å². The standard InChI is InChI=1S/C27H29BrN4O6/c1-13-7-17-16-10-15(28)12-32(19(16)11-20(23(17)29-13)38-27(34)31(2)3)26(33)18-8-14-9-21(35-4)24(36-5)25(37-6)22(14)30-18/h7-9,11,15,29-30H,10,12H2,1-6H3. The summed E-state index contributed by atoms with van der Waals surface area (Å²) in [4.78, 5) is 36.1. The van der Waals surface area contributed by atoms with Crippen molar-refractivity contribution in [3.8, 4) is 23.0 Å². The number of carbonyl (C=O) groups is 2. The highest BCUT2D eigenvalue weighted by molar-refractivity contribution is 9.09. The Bertz CT molecular complexity index is 1570. The lowest BCUT2D eigenvalue weighted by molar-refractivity contribution is 0.0981. The number of halogens is 1. The number of aromatic nitrogens is 2. The lowest BCUT2D eigenvalue weighted by Crippen LogP contribution is -2.40. The number of hydrogen-bond donors (Lipinski definition) is 2. The number of benzene rings is 2. The second kappa shape index (κ2) is 9.79. The van der Waals surface area contributed by atoms with Crippen molar-refractivity contribution in [3.63, 3.8) is 0 Å². The number of hydrogen-bond acceptors (Lipinski definition) is 6. The van der Waals surface area contributed by atoms with E-state index < -0.39 is 6.09 Å². The Balaban J connectivity index is 1.65. The van der Waals surface area contributed by atoms with Crippen molar-refractivity contribution in [2.24, 2.45) is 0 Å². The van der Waals surface area contributed by atoms with E-state index >= 15 is 0 Å². The number of anilines is 1. The van der Waals surface area contributed by atoms with Gasteiger partial charge in [-0.15, -0.1) is 0 Å². The highest BCUT2D eigenvalue weighted by Gasteiger charge is 2.33. The van der Waals surface area contributed by atoms with Gasteiger partial charge in [-0.3, -0.25) is 4.79 Å². The van der Waals surface area contributed by atoms with Crippen molar-refractivity contribution >= 4 is 55.4 Å².